The molecule has 22 heavy (non-hydrogen) atoms. The van der Waals surface area contributed by atoms with E-state index in [9.17, 15) is 19.8 Å². The highest BCUT2D eigenvalue weighted by Crippen LogP contribution is 2.60. The van der Waals surface area contributed by atoms with Gasteiger partial charge < -0.3 is 24.4 Å². The maximum atomic E-state index is 12.7. The maximum absolute atomic E-state index is 12.7. The van der Waals surface area contributed by atoms with Crippen LogP contribution in [0.3, 0.4) is 0 Å². The molecule has 0 amide bonds. The first-order valence-electron chi connectivity index (χ1n) is 7.01. The number of carbonyl (C=O) groups excluding carboxylic acids is 2. The molecule has 3 aliphatic heterocycles. The molecule has 4 atom stereocenters. The number of cyclic esters (lactones) is 1. The Morgan fingerprint density at radius 2 is 2.14 bits per heavy atom. The van der Waals surface area contributed by atoms with Gasteiger partial charge in [0, 0.05) is 5.92 Å². The number of aromatic hydroxyl groups is 1. The fraction of sp³-hybridized carbons (Fsp3) is 0.467. The number of fused-ring (bicyclic) bond motifs is 1. The van der Waals surface area contributed by atoms with Gasteiger partial charge in [-0.1, -0.05) is 13.0 Å². The molecule has 2 saturated heterocycles. The summed E-state index contributed by atoms with van der Waals surface area (Å²) in [5.74, 6) is -2.93. The number of aliphatic hydroxyl groups is 1. The lowest BCUT2D eigenvalue weighted by Gasteiger charge is -2.21. The lowest BCUT2D eigenvalue weighted by atomic mass is 9.86. The fourth-order valence-electron chi connectivity index (χ4n) is 3.48. The average Bonchev–Trinajstić information content (AvgIpc) is 2.86. The van der Waals surface area contributed by atoms with Gasteiger partial charge in [-0.15, -0.1) is 0 Å². The number of ether oxygens (including phenoxy) is 3. The van der Waals surface area contributed by atoms with Crippen LogP contribution in [0.25, 0.3) is 0 Å². The van der Waals surface area contributed by atoms with Crippen molar-refractivity contribution in [2.45, 2.75) is 30.8 Å². The van der Waals surface area contributed by atoms with Crippen molar-refractivity contribution in [2.75, 3.05) is 6.61 Å². The Labute approximate surface area is 125 Å². The Bertz CT molecular complexity index is 699. The fourth-order valence-corrected chi connectivity index (χ4v) is 3.48. The van der Waals surface area contributed by atoms with E-state index in [1.54, 1.807) is 13.0 Å². The highest BCUT2D eigenvalue weighted by molar-refractivity contribution is 6.11. The summed E-state index contributed by atoms with van der Waals surface area (Å²) in [7, 11) is 0. The number of esters is 1. The summed E-state index contributed by atoms with van der Waals surface area (Å²) in [6.07, 6.45) is -0.580. The van der Waals surface area contributed by atoms with Gasteiger partial charge in [0.25, 0.3) is 0 Å². The molecule has 2 fully saturated rings. The van der Waals surface area contributed by atoms with Crippen molar-refractivity contribution < 1.29 is 34.0 Å². The molecule has 7 nitrogen and oxygen atoms in total. The van der Waals surface area contributed by atoms with Crippen LogP contribution in [-0.4, -0.2) is 46.1 Å². The number of Topliss-reactive ketones (excluding diaryl/α,β-unsaturated/α-hetero) is 1. The zero-order valence-electron chi connectivity index (χ0n) is 11.7. The molecule has 2 N–H and O–H groups in total. The first-order chi connectivity index (χ1) is 10.4. The summed E-state index contributed by atoms with van der Waals surface area (Å²) >= 11 is 0. The number of phenolic OH excluding ortho intramolecular Hbond substituents is 1. The summed E-state index contributed by atoms with van der Waals surface area (Å²) in [5.41, 5.74) is -1.41. The molecular weight excluding hydrogens is 292 g/mol. The smallest absolute Gasteiger partial charge is 0.312 e. The van der Waals surface area contributed by atoms with E-state index in [-0.39, 0.29) is 29.4 Å². The molecule has 4 rings (SSSR count). The van der Waals surface area contributed by atoms with Crippen LogP contribution in [0.15, 0.2) is 18.2 Å². The van der Waals surface area contributed by atoms with Crippen LogP contribution < -0.4 is 4.74 Å². The van der Waals surface area contributed by atoms with Gasteiger partial charge in [0.1, 0.15) is 23.2 Å². The van der Waals surface area contributed by atoms with E-state index in [1.807, 2.05) is 0 Å². The number of carbonyl (C=O) groups is 2. The predicted molar refractivity (Wildman–Crippen MR) is 70.4 cm³/mol. The van der Waals surface area contributed by atoms with Crippen LogP contribution in [0.4, 0.5) is 0 Å². The largest absolute Gasteiger partial charge is 0.507 e. The van der Waals surface area contributed by atoms with Crippen molar-refractivity contribution in [2.24, 2.45) is 5.92 Å². The first kappa shape index (κ1) is 13.5. The second-order valence-corrected chi connectivity index (χ2v) is 5.94. The van der Waals surface area contributed by atoms with Gasteiger partial charge in [0.15, 0.2) is 0 Å². The summed E-state index contributed by atoms with van der Waals surface area (Å²) in [6.45, 7) is 1.25. The standard InChI is InChI=1S/C15H14O7/c1-7-5-10(18)20-13(7)14(6-16)15(22-14)12(19)11-8(17)3-2-4-9(11)21-15/h2-4,7,13,16-17H,5-6H2,1H3/t7-,13-,14+,15+/m1/s1. The Hall–Kier alpha value is -2.12. The van der Waals surface area contributed by atoms with Crippen molar-refractivity contribution >= 4 is 11.8 Å². The molecule has 0 aliphatic carbocycles. The third-order valence-corrected chi connectivity index (χ3v) is 4.58. The molecule has 3 aliphatic rings. The van der Waals surface area contributed by atoms with Gasteiger partial charge in [0.05, 0.1) is 13.0 Å². The van der Waals surface area contributed by atoms with E-state index in [4.69, 9.17) is 14.2 Å². The molecule has 0 unspecified atom stereocenters. The van der Waals surface area contributed by atoms with E-state index >= 15 is 0 Å². The number of hydrogen-bond acceptors (Lipinski definition) is 7. The number of hydrogen-bond donors (Lipinski definition) is 2. The number of rotatable bonds is 2. The summed E-state index contributed by atoms with van der Waals surface area (Å²) in [4.78, 5) is 24.1. The minimum absolute atomic E-state index is 0.0230. The van der Waals surface area contributed by atoms with Crippen LogP contribution in [0.2, 0.25) is 0 Å². The minimum atomic E-state index is -1.73. The number of aliphatic hydroxyl groups excluding tert-OH is 1. The molecule has 1 aromatic carbocycles. The van der Waals surface area contributed by atoms with E-state index in [0.717, 1.165) is 0 Å². The maximum Gasteiger partial charge on any atom is 0.312 e. The molecule has 0 radical (unpaired) electrons. The van der Waals surface area contributed by atoms with Crippen molar-refractivity contribution in [1.82, 2.24) is 0 Å². The Morgan fingerprint density at radius 3 is 2.73 bits per heavy atom. The molecule has 3 heterocycles. The summed E-state index contributed by atoms with van der Waals surface area (Å²) in [5, 5.41) is 19.7. The number of epoxide rings is 1. The second kappa shape index (κ2) is 3.99. The number of benzene rings is 1. The van der Waals surface area contributed by atoms with Gasteiger partial charge in [-0.2, -0.15) is 0 Å². The number of ketones is 1. The summed E-state index contributed by atoms with van der Waals surface area (Å²) < 4.78 is 16.4. The van der Waals surface area contributed by atoms with Gasteiger partial charge in [-0.05, 0) is 12.1 Å². The monoisotopic (exact) mass is 306 g/mol. The Morgan fingerprint density at radius 1 is 1.36 bits per heavy atom. The van der Waals surface area contributed by atoms with Crippen molar-refractivity contribution in [3.05, 3.63) is 23.8 Å². The quantitative estimate of drug-likeness (QED) is 0.601. The van der Waals surface area contributed by atoms with Crippen LogP contribution in [0.1, 0.15) is 23.7 Å². The highest BCUT2D eigenvalue weighted by atomic mass is 16.8. The van der Waals surface area contributed by atoms with E-state index < -0.39 is 35.9 Å². The first-order valence-corrected chi connectivity index (χ1v) is 7.01. The van der Waals surface area contributed by atoms with Crippen LogP contribution >= 0.6 is 0 Å². The molecule has 116 valence electrons. The third kappa shape index (κ3) is 1.37. The lowest BCUT2D eigenvalue weighted by molar-refractivity contribution is -0.145. The Balaban J connectivity index is 1.75. The third-order valence-electron chi connectivity index (χ3n) is 4.58. The number of phenols is 1. The van der Waals surface area contributed by atoms with Gasteiger partial charge in [0.2, 0.25) is 11.4 Å². The molecule has 7 heteroatoms. The zero-order chi connectivity index (χ0) is 15.7. The van der Waals surface area contributed by atoms with Crippen LogP contribution in [-0.2, 0) is 14.3 Å². The van der Waals surface area contributed by atoms with Crippen molar-refractivity contribution in [3.63, 3.8) is 0 Å². The molecule has 1 aromatic rings. The molecule has 0 saturated carbocycles. The highest BCUT2D eigenvalue weighted by Gasteiger charge is 2.85. The molecule has 0 bridgehead atoms. The Kier molecular flexibility index (Phi) is 2.46. The van der Waals surface area contributed by atoms with Gasteiger partial charge in [-0.3, -0.25) is 9.59 Å². The topological polar surface area (TPSA) is 106 Å². The molecule has 0 aromatic heterocycles. The molecular formula is C15H14O7. The zero-order valence-corrected chi connectivity index (χ0v) is 11.7. The molecule has 1 spiro atoms. The lowest BCUT2D eigenvalue weighted by Crippen LogP contribution is -2.47. The predicted octanol–water partition coefficient (Wildman–Crippen LogP) is 0.376. The van der Waals surface area contributed by atoms with E-state index in [0.29, 0.717) is 0 Å². The second-order valence-electron chi connectivity index (χ2n) is 5.94. The van der Waals surface area contributed by atoms with E-state index in [1.165, 1.54) is 12.1 Å². The van der Waals surface area contributed by atoms with Crippen LogP contribution in [0, 0.1) is 5.92 Å². The average molecular weight is 306 g/mol. The van der Waals surface area contributed by atoms with Crippen molar-refractivity contribution in [3.8, 4) is 11.5 Å². The normalized spacial score (nSPS) is 38.8. The van der Waals surface area contributed by atoms with Gasteiger partial charge in [-0.25, -0.2) is 0 Å². The minimum Gasteiger partial charge on any atom is -0.507 e. The van der Waals surface area contributed by atoms with E-state index in [2.05, 4.69) is 0 Å². The summed E-state index contributed by atoms with van der Waals surface area (Å²) in [6, 6.07) is 4.46. The van der Waals surface area contributed by atoms with Crippen LogP contribution in [0.5, 0.6) is 11.5 Å². The SMILES string of the molecule is C[C@@H]1CC(=O)O[C@H]1[C@]1(CO)O[C@]12Oc1cccc(O)c1C2=O. The van der Waals surface area contributed by atoms with Crippen molar-refractivity contribution in [1.29, 1.82) is 0 Å². The van der Waals surface area contributed by atoms with Gasteiger partial charge >= 0.3 is 11.8 Å².